The number of nitrogens with one attached hydrogen (secondary N) is 2. The highest BCUT2D eigenvalue weighted by Gasteiger charge is 2.31. The Balaban J connectivity index is 2.97. The summed E-state index contributed by atoms with van der Waals surface area (Å²) in [5, 5.41) is 5.15. The number of ether oxygens (including phenoxy) is 2. The average Bonchev–Trinajstić information content (AvgIpc) is 2.68. The van der Waals surface area contributed by atoms with Crippen LogP contribution in [-0.2, 0) is 23.9 Å². The monoisotopic (exact) mass is 449 g/mol. The Bertz CT molecular complexity index is 803. The molecule has 0 radical (unpaired) electrons. The summed E-state index contributed by atoms with van der Waals surface area (Å²) in [6.07, 6.45) is -0.687. The summed E-state index contributed by atoms with van der Waals surface area (Å²) in [6.45, 7) is 10.8. The number of aryl methyl sites for hydroxylation is 1. The van der Waals surface area contributed by atoms with Crippen LogP contribution in [0.5, 0.6) is 0 Å². The van der Waals surface area contributed by atoms with Crippen LogP contribution in [0.1, 0.15) is 58.2 Å². The van der Waals surface area contributed by atoms with Crippen LogP contribution in [0.2, 0.25) is 0 Å². The first-order valence-electron chi connectivity index (χ1n) is 10.7. The third-order valence-corrected chi connectivity index (χ3v) is 4.30. The van der Waals surface area contributed by atoms with Crippen LogP contribution in [0, 0.1) is 6.92 Å². The number of carbonyl (C=O) groups excluding carboxylic acids is 4. The van der Waals surface area contributed by atoms with Gasteiger partial charge in [-0.05, 0) is 47.1 Å². The lowest BCUT2D eigenvalue weighted by atomic mass is 10.0. The molecule has 178 valence electrons. The maximum atomic E-state index is 13.1. The molecule has 1 unspecified atom stereocenters. The van der Waals surface area contributed by atoms with Gasteiger partial charge in [-0.2, -0.15) is 0 Å². The van der Waals surface area contributed by atoms with Gasteiger partial charge in [0.05, 0.1) is 13.0 Å². The van der Waals surface area contributed by atoms with E-state index in [1.54, 1.807) is 46.8 Å². The summed E-state index contributed by atoms with van der Waals surface area (Å²) >= 11 is 0. The van der Waals surface area contributed by atoms with Crippen LogP contribution in [0.3, 0.4) is 0 Å². The van der Waals surface area contributed by atoms with Crippen molar-refractivity contribution in [2.75, 3.05) is 26.2 Å². The van der Waals surface area contributed by atoms with Gasteiger partial charge < -0.3 is 25.0 Å². The highest BCUT2D eigenvalue weighted by Crippen LogP contribution is 2.22. The molecule has 0 aliphatic carbocycles. The molecule has 0 aliphatic rings. The molecule has 0 saturated carbocycles. The molecule has 32 heavy (non-hydrogen) atoms. The van der Waals surface area contributed by atoms with Gasteiger partial charge >= 0.3 is 12.1 Å². The Morgan fingerprint density at radius 1 is 1.09 bits per heavy atom. The fourth-order valence-electron chi connectivity index (χ4n) is 3.00. The predicted octanol–water partition coefficient (Wildman–Crippen LogP) is 2.48. The summed E-state index contributed by atoms with van der Waals surface area (Å²) in [6, 6.07) is 6.37. The second kappa shape index (κ2) is 12.7. The molecule has 1 aromatic rings. The van der Waals surface area contributed by atoms with E-state index in [-0.39, 0.29) is 32.7 Å². The van der Waals surface area contributed by atoms with Gasteiger partial charge in [0.1, 0.15) is 18.2 Å². The van der Waals surface area contributed by atoms with Crippen molar-refractivity contribution in [3.63, 3.8) is 0 Å². The third-order valence-electron chi connectivity index (χ3n) is 4.30. The van der Waals surface area contributed by atoms with Gasteiger partial charge in [0.2, 0.25) is 11.8 Å². The largest absolute Gasteiger partial charge is 0.466 e. The molecule has 1 rings (SSSR count). The molecule has 9 nitrogen and oxygen atoms in total. The summed E-state index contributed by atoms with van der Waals surface area (Å²) in [4.78, 5) is 50.8. The first kappa shape index (κ1) is 26.9. The van der Waals surface area contributed by atoms with Crippen LogP contribution >= 0.6 is 0 Å². The molecule has 0 aromatic heterocycles. The fraction of sp³-hybridized carbons (Fsp3) is 0.565. The van der Waals surface area contributed by atoms with Crippen molar-refractivity contribution in [1.82, 2.24) is 15.5 Å². The van der Waals surface area contributed by atoms with Crippen molar-refractivity contribution in [3.05, 3.63) is 35.4 Å². The lowest BCUT2D eigenvalue weighted by molar-refractivity contribution is -0.143. The molecule has 0 fully saturated rings. The van der Waals surface area contributed by atoms with Crippen LogP contribution < -0.4 is 10.6 Å². The topological polar surface area (TPSA) is 114 Å². The van der Waals surface area contributed by atoms with Crippen LogP contribution in [-0.4, -0.2) is 60.6 Å². The number of benzene rings is 1. The molecule has 0 saturated heterocycles. The lowest BCUT2D eigenvalue weighted by Gasteiger charge is -2.31. The van der Waals surface area contributed by atoms with E-state index in [4.69, 9.17) is 9.47 Å². The number of alkyl carbamates (subject to hydrolysis) is 1. The SMILES string of the molecule is CCOC(=O)CCNC(=O)C(c1cccc(C)c1)N(CC)C(=O)CNC(=O)OC(C)(C)C. The van der Waals surface area contributed by atoms with Crippen molar-refractivity contribution < 1.29 is 28.7 Å². The maximum absolute atomic E-state index is 13.1. The number of esters is 1. The van der Waals surface area contributed by atoms with Crippen molar-refractivity contribution in [1.29, 1.82) is 0 Å². The first-order chi connectivity index (χ1) is 15.0. The van der Waals surface area contributed by atoms with Gasteiger partial charge in [0, 0.05) is 13.1 Å². The maximum Gasteiger partial charge on any atom is 0.408 e. The standard InChI is InChI=1S/C23H35N3O6/c1-7-26(18(27)15-25-22(30)32-23(4,5)6)20(17-11-9-10-16(3)14-17)21(29)24-13-12-19(28)31-8-2/h9-11,14,20H,7-8,12-13,15H2,1-6H3,(H,24,29)(H,25,30). The minimum atomic E-state index is -0.921. The van der Waals surface area contributed by atoms with E-state index in [1.165, 1.54) is 4.90 Å². The second-order valence-electron chi connectivity index (χ2n) is 8.20. The van der Waals surface area contributed by atoms with E-state index in [2.05, 4.69) is 10.6 Å². The molecule has 0 aliphatic heterocycles. The zero-order valence-electron chi connectivity index (χ0n) is 19.8. The minimum absolute atomic E-state index is 0.0282. The Morgan fingerprint density at radius 3 is 2.34 bits per heavy atom. The van der Waals surface area contributed by atoms with E-state index in [0.717, 1.165) is 5.56 Å². The number of hydrogen-bond donors (Lipinski definition) is 2. The summed E-state index contributed by atoms with van der Waals surface area (Å²) in [5.41, 5.74) is 0.869. The number of hydrogen-bond acceptors (Lipinski definition) is 6. The van der Waals surface area contributed by atoms with Crippen molar-refractivity contribution >= 4 is 23.9 Å². The zero-order valence-corrected chi connectivity index (χ0v) is 19.8. The summed E-state index contributed by atoms with van der Waals surface area (Å²) < 4.78 is 10.0. The molecular weight excluding hydrogens is 414 g/mol. The Kier molecular flexibility index (Phi) is 10.7. The Morgan fingerprint density at radius 2 is 1.78 bits per heavy atom. The number of carbonyl (C=O) groups is 4. The molecule has 3 amide bonds. The average molecular weight is 450 g/mol. The van der Waals surface area contributed by atoms with Gasteiger partial charge in [-0.1, -0.05) is 29.8 Å². The molecule has 0 bridgehead atoms. The van der Waals surface area contributed by atoms with Crippen LogP contribution in [0.25, 0.3) is 0 Å². The van der Waals surface area contributed by atoms with Crippen molar-refractivity contribution in [2.24, 2.45) is 0 Å². The van der Waals surface area contributed by atoms with Gasteiger partial charge in [-0.15, -0.1) is 0 Å². The van der Waals surface area contributed by atoms with E-state index in [1.807, 2.05) is 19.1 Å². The minimum Gasteiger partial charge on any atom is -0.466 e. The van der Waals surface area contributed by atoms with Crippen molar-refractivity contribution in [3.8, 4) is 0 Å². The number of rotatable bonds is 10. The molecule has 9 heteroatoms. The van der Waals surface area contributed by atoms with E-state index >= 15 is 0 Å². The fourth-order valence-corrected chi connectivity index (χ4v) is 3.00. The quantitative estimate of drug-likeness (QED) is 0.531. The van der Waals surface area contributed by atoms with Gasteiger partial charge in [-0.3, -0.25) is 14.4 Å². The molecule has 1 aromatic carbocycles. The molecule has 0 heterocycles. The van der Waals surface area contributed by atoms with Gasteiger partial charge in [0.25, 0.3) is 0 Å². The summed E-state index contributed by atoms with van der Waals surface area (Å²) in [7, 11) is 0. The van der Waals surface area contributed by atoms with E-state index < -0.39 is 35.5 Å². The van der Waals surface area contributed by atoms with Gasteiger partial charge in [-0.25, -0.2) is 4.79 Å². The number of amides is 3. The van der Waals surface area contributed by atoms with Gasteiger partial charge in [0.15, 0.2) is 0 Å². The first-order valence-corrected chi connectivity index (χ1v) is 10.7. The second-order valence-corrected chi connectivity index (χ2v) is 8.20. The van der Waals surface area contributed by atoms with Crippen LogP contribution in [0.4, 0.5) is 4.79 Å². The lowest BCUT2D eigenvalue weighted by Crippen LogP contribution is -2.48. The summed E-state index contributed by atoms with van der Waals surface area (Å²) in [5.74, 6) is -1.28. The van der Waals surface area contributed by atoms with Crippen LogP contribution in [0.15, 0.2) is 24.3 Å². The zero-order chi connectivity index (χ0) is 24.3. The van der Waals surface area contributed by atoms with E-state index in [9.17, 15) is 19.2 Å². The Hall–Kier alpha value is -3.10. The predicted molar refractivity (Wildman–Crippen MR) is 120 cm³/mol. The van der Waals surface area contributed by atoms with Crippen molar-refractivity contribution in [2.45, 2.75) is 59.6 Å². The van der Waals surface area contributed by atoms with E-state index in [0.29, 0.717) is 5.56 Å². The third kappa shape index (κ3) is 9.36. The highest BCUT2D eigenvalue weighted by atomic mass is 16.6. The Labute approximate surface area is 189 Å². The molecule has 2 N–H and O–H groups in total. The smallest absolute Gasteiger partial charge is 0.408 e. The highest BCUT2D eigenvalue weighted by molar-refractivity contribution is 5.90. The number of likely N-dealkylation sites (N-methyl/N-ethyl adjacent to an activating group) is 1. The normalized spacial score (nSPS) is 11.8. The molecular formula is C23H35N3O6. The molecule has 1 atom stereocenters. The number of nitrogens with zero attached hydrogens (tertiary/aromatic N) is 1. The molecule has 0 spiro atoms.